The molecule has 0 bridgehead atoms. The molecule has 0 fully saturated rings. The van der Waals surface area contributed by atoms with Gasteiger partial charge in [-0.25, -0.2) is 0 Å². The number of benzene rings is 1. The van der Waals surface area contributed by atoms with E-state index in [-0.39, 0.29) is 6.04 Å². The Labute approximate surface area is 134 Å². The van der Waals surface area contributed by atoms with E-state index in [4.69, 9.17) is 4.42 Å². The minimum absolute atomic E-state index is 0.151. The molecule has 6 nitrogen and oxygen atoms in total. The summed E-state index contributed by atoms with van der Waals surface area (Å²) in [5.41, 5.74) is 2.42. The number of amides is 2. The number of carbonyl (C=O) groups excluding carboxylic acids is 2. The van der Waals surface area contributed by atoms with Crippen molar-refractivity contribution in [3.8, 4) is 0 Å². The van der Waals surface area contributed by atoms with Crippen LogP contribution in [0.1, 0.15) is 17.4 Å². The molecule has 1 aromatic carbocycles. The van der Waals surface area contributed by atoms with E-state index in [1.807, 2.05) is 24.3 Å². The zero-order valence-corrected chi connectivity index (χ0v) is 12.9. The molecule has 2 aromatic rings. The molecule has 0 spiro atoms. The number of furan rings is 1. The van der Waals surface area contributed by atoms with Crippen molar-refractivity contribution >= 4 is 17.5 Å². The third-order valence-electron chi connectivity index (χ3n) is 4.06. The van der Waals surface area contributed by atoms with Gasteiger partial charge in [0.25, 0.3) is 0 Å². The third-order valence-corrected chi connectivity index (χ3v) is 4.06. The first-order chi connectivity index (χ1) is 11.2. The maximum Gasteiger partial charge on any atom is 0.309 e. The van der Waals surface area contributed by atoms with Gasteiger partial charge in [-0.15, -0.1) is 0 Å². The average molecular weight is 313 g/mol. The van der Waals surface area contributed by atoms with Crippen molar-refractivity contribution in [3.05, 3.63) is 54.0 Å². The van der Waals surface area contributed by atoms with Gasteiger partial charge in [-0.1, -0.05) is 18.2 Å². The number of nitrogens with one attached hydrogen (secondary N) is 2. The SMILES string of the molecule is CNC(=O)C(=O)NC[C@@H](c1ccco1)N1CCc2ccccc21. The van der Waals surface area contributed by atoms with Crippen molar-refractivity contribution in [3.63, 3.8) is 0 Å². The van der Waals surface area contributed by atoms with Crippen LogP contribution in [0.25, 0.3) is 0 Å². The Morgan fingerprint density at radius 2 is 2.04 bits per heavy atom. The van der Waals surface area contributed by atoms with Crippen LogP contribution in [-0.2, 0) is 16.0 Å². The van der Waals surface area contributed by atoms with E-state index in [9.17, 15) is 9.59 Å². The topological polar surface area (TPSA) is 74.6 Å². The van der Waals surface area contributed by atoms with Gasteiger partial charge >= 0.3 is 11.8 Å². The van der Waals surface area contributed by atoms with Gasteiger partial charge in [-0.3, -0.25) is 9.59 Å². The van der Waals surface area contributed by atoms with Crippen LogP contribution < -0.4 is 15.5 Å². The van der Waals surface area contributed by atoms with Crippen molar-refractivity contribution in [2.75, 3.05) is 25.0 Å². The summed E-state index contributed by atoms with van der Waals surface area (Å²) in [4.78, 5) is 25.3. The molecule has 1 aromatic heterocycles. The molecule has 120 valence electrons. The first-order valence-corrected chi connectivity index (χ1v) is 7.58. The lowest BCUT2D eigenvalue weighted by Crippen LogP contribution is -2.43. The lowest BCUT2D eigenvalue weighted by Gasteiger charge is -2.29. The molecular weight excluding hydrogens is 294 g/mol. The third kappa shape index (κ3) is 3.06. The number of para-hydroxylation sites is 1. The fourth-order valence-corrected chi connectivity index (χ4v) is 2.92. The van der Waals surface area contributed by atoms with Gasteiger partial charge < -0.3 is 20.0 Å². The quantitative estimate of drug-likeness (QED) is 0.833. The van der Waals surface area contributed by atoms with E-state index in [1.54, 1.807) is 6.26 Å². The van der Waals surface area contributed by atoms with E-state index in [0.29, 0.717) is 6.54 Å². The van der Waals surface area contributed by atoms with Crippen LogP contribution in [0.4, 0.5) is 5.69 Å². The minimum atomic E-state index is -0.648. The van der Waals surface area contributed by atoms with E-state index in [0.717, 1.165) is 24.4 Å². The number of fused-ring (bicyclic) bond motifs is 1. The van der Waals surface area contributed by atoms with Crippen LogP contribution in [0.2, 0.25) is 0 Å². The highest BCUT2D eigenvalue weighted by Crippen LogP contribution is 2.34. The van der Waals surface area contributed by atoms with Crippen LogP contribution in [0.5, 0.6) is 0 Å². The molecule has 2 amide bonds. The molecule has 3 rings (SSSR count). The maximum atomic E-state index is 11.7. The van der Waals surface area contributed by atoms with Gasteiger partial charge in [0.05, 0.1) is 6.26 Å². The fraction of sp³-hybridized carbons (Fsp3) is 0.294. The van der Waals surface area contributed by atoms with Crippen molar-refractivity contribution in [1.29, 1.82) is 0 Å². The van der Waals surface area contributed by atoms with Gasteiger partial charge in [-0.2, -0.15) is 0 Å². The highest BCUT2D eigenvalue weighted by atomic mass is 16.3. The molecule has 0 unspecified atom stereocenters. The highest BCUT2D eigenvalue weighted by molar-refractivity contribution is 6.35. The number of likely N-dealkylation sites (N-methyl/N-ethyl adjacent to an activating group) is 1. The Balaban J connectivity index is 1.81. The van der Waals surface area contributed by atoms with Crippen molar-refractivity contribution < 1.29 is 14.0 Å². The van der Waals surface area contributed by atoms with Crippen LogP contribution in [0, 0.1) is 0 Å². The largest absolute Gasteiger partial charge is 0.467 e. The lowest BCUT2D eigenvalue weighted by atomic mass is 10.1. The standard InChI is InChI=1S/C17H19N3O3/c1-18-16(21)17(22)19-11-14(15-7-4-10-23-15)20-9-8-12-5-2-3-6-13(12)20/h2-7,10,14H,8-9,11H2,1H3,(H,18,21)(H,19,22)/t14-/m0/s1. The second-order valence-corrected chi connectivity index (χ2v) is 5.39. The number of hydrogen-bond donors (Lipinski definition) is 2. The van der Waals surface area contributed by atoms with Crippen molar-refractivity contribution in [2.45, 2.75) is 12.5 Å². The van der Waals surface area contributed by atoms with Crippen LogP contribution in [-0.4, -0.2) is 32.0 Å². The van der Waals surface area contributed by atoms with E-state index in [1.165, 1.54) is 12.6 Å². The minimum Gasteiger partial charge on any atom is -0.467 e. The Bertz CT molecular complexity index is 697. The summed E-state index contributed by atoms with van der Waals surface area (Å²) < 4.78 is 5.55. The fourth-order valence-electron chi connectivity index (χ4n) is 2.92. The zero-order valence-electron chi connectivity index (χ0n) is 12.9. The number of rotatable bonds is 4. The monoisotopic (exact) mass is 313 g/mol. The summed E-state index contributed by atoms with van der Waals surface area (Å²) in [6.07, 6.45) is 2.57. The van der Waals surface area contributed by atoms with E-state index >= 15 is 0 Å². The summed E-state index contributed by atoms with van der Waals surface area (Å²) in [6, 6.07) is 11.8. The number of hydrogen-bond acceptors (Lipinski definition) is 4. The molecule has 0 saturated carbocycles. The van der Waals surface area contributed by atoms with Gasteiger partial charge in [-0.05, 0) is 30.2 Å². The molecule has 1 aliphatic heterocycles. The van der Waals surface area contributed by atoms with E-state index in [2.05, 4.69) is 27.7 Å². The highest BCUT2D eigenvalue weighted by Gasteiger charge is 2.29. The van der Waals surface area contributed by atoms with Crippen LogP contribution in [0.15, 0.2) is 47.1 Å². The molecule has 0 radical (unpaired) electrons. The van der Waals surface area contributed by atoms with Gasteiger partial charge in [0.1, 0.15) is 11.8 Å². The van der Waals surface area contributed by atoms with Gasteiger partial charge in [0, 0.05) is 25.8 Å². The normalized spacial score (nSPS) is 14.2. The van der Waals surface area contributed by atoms with Crippen molar-refractivity contribution in [2.24, 2.45) is 0 Å². The average Bonchev–Trinajstić information content (AvgIpc) is 3.24. The maximum absolute atomic E-state index is 11.7. The first kappa shape index (κ1) is 15.1. The summed E-state index contributed by atoms with van der Waals surface area (Å²) in [7, 11) is 1.43. The summed E-state index contributed by atoms with van der Waals surface area (Å²) in [6.45, 7) is 1.15. The zero-order chi connectivity index (χ0) is 16.2. The molecule has 0 aliphatic carbocycles. The molecule has 2 N–H and O–H groups in total. The molecular formula is C17H19N3O3. The molecule has 6 heteroatoms. The predicted octanol–water partition coefficient (Wildman–Crippen LogP) is 1.25. The van der Waals surface area contributed by atoms with Crippen LogP contribution >= 0.6 is 0 Å². The summed E-state index contributed by atoms with van der Waals surface area (Å²) in [5, 5.41) is 5.00. The van der Waals surface area contributed by atoms with Crippen molar-refractivity contribution in [1.82, 2.24) is 10.6 Å². The van der Waals surface area contributed by atoms with Crippen LogP contribution in [0.3, 0.4) is 0 Å². The Hall–Kier alpha value is -2.76. The number of nitrogens with zero attached hydrogens (tertiary/aromatic N) is 1. The molecule has 0 saturated heterocycles. The predicted molar refractivity (Wildman–Crippen MR) is 86.0 cm³/mol. The molecule has 1 atom stereocenters. The van der Waals surface area contributed by atoms with Gasteiger partial charge in [0.15, 0.2) is 0 Å². The summed E-state index contributed by atoms with van der Waals surface area (Å²) >= 11 is 0. The Kier molecular flexibility index (Phi) is 4.32. The lowest BCUT2D eigenvalue weighted by molar-refractivity contribution is -0.138. The molecule has 2 heterocycles. The molecule has 1 aliphatic rings. The molecule has 23 heavy (non-hydrogen) atoms. The second kappa shape index (κ2) is 6.56. The smallest absolute Gasteiger partial charge is 0.309 e. The number of anilines is 1. The Morgan fingerprint density at radius 3 is 2.78 bits per heavy atom. The first-order valence-electron chi connectivity index (χ1n) is 7.58. The number of carbonyl (C=O) groups is 2. The second-order valence-electron chi connectivity index (χ2n) is 5.39. The van der Waals surface area contributed by atoms with Gasteiger partial charge in [0.2, 0.25) is 0 Å². The summed E-state index contributed by atoms with van der Waals surface area (Å²) in [5.74, 6) is -0.527. The Morgan fingerprint density at radius 1 is 1.22 bits per heavy atom. The van der Waals surface area contributed by atoms with E-state index < -0.39 is 11.8 Å².